The van der Waals surface area contributed by atoms with Crippen molar-refractivity contribution in [1.29, 1.82) is 0 Å². The molecule has 0 radical (unpaired) electrons. The lowest BCUT2D eigenvalue weighted by molar-refractivity contribution is 0.112. The summed E-state index contributed by atoms with van der Waals surface area (Å²) in [7, 11) is 0. The van der Waals surface area contributed by atoms with Crippen molar-refractivity contribution in [2.24, 2.45) is 0 Å². The summed E-state index contributed by atoms with van der Waals surface area (Å²) in [5.74, 6) is 0.514. The molecule has 0 atom stereocenters. The molecule has 3 rings (SSSR count). The van der Waals surface area contributed by atoms with Crippen LogP contribution >= 0.6 is 11.3 Å². The second-order valence-electron chi connectivity index (χ2n) is 4.16. The lowest BCUT2D eigenvalue weighted by atomic mass is 9.81. The fourth-order valence-corrected chi connectivity index (χ4v) is 2.75. The normalized spacial score (nSPS) is 16.0. The fraction of sp³-hybridized carbons (Fsp3) is 0.333. The molecular weight excluding hydrogens is 220 g/mol. The zero-order valence-electron chi connectivity index (χ0n) is 8.77. The average molecular weight is 232 g/mol. The molecule has 3 nitrogen and oxygen atoms in total. The Balaban J connectivity index is 2.06. The van der Waals surface area contributed by atoms with Gasteiger partial charge in [-0.3, -0.25) is 9.89 Å². The van der Waals surface area contributed by atoms with Crippen molar-refractivity contribution in [2.45, 2.75) is 25.2 Å². The highest BCUT2D eigenvalue weighted by Crippen LogP contribution is 2.38. The van der Waals surface area contributed by atoms with Gasteiger partial charge in [0.2, 0.25) is 0 Å². The summed E-state index contributed by atoms with van der Waals surface area (Å²) in [5.41, 5.74) is 3.62. The number of H-pyrrole nitrogens is 1. The van der Waals surface area contributed by atoms with Gasteiger partial charge in [-0.1, -0.05) is 6.42 Å². The van der Waals surface area contributed by atoms with Gasteiger partial charge in [0, 0.05) is 22.6 Å². The summed E-state index contributed by atoms with van der Waals surface area (Å²) < 4.78 is 0. The van der Waals surface area contributed by atoms with E-state index in [1.807, 2.05) is 16.8 Å². The maximum Gasteiger partial charge on any atom is 0.154 e. The molecule has 0 bridgehead atoms. The van der Waals surface area contributed by atoms with E-state index >= 15 is 0 Å². The van der Waals surface area contributed by atoms with E-state index in [0.717, 1.165) is 28.8 Å². The van der Waals surface area contributed by atoms with Gasteiger partial charge in [0.05, 0.1) is 5.56 Å². The number of aldehydes is 1. The molecule has 1 aliphatic rings. The number of aromatic amines is 1. The van der Waals surface area contributed by atoms with Crippen LogP contribution in [0.5, 0.6) is 0 Å². The summed E-state index contributed by atoms with van der Waals surface area (Å²) in [5, 5.41) is 11.3. The molecule has 0 amide bonds. The standard InChI is InChI=1S/C12H12N2OS/c15-6-10-11(8-2-1-3-8)13-14-12(10)9-4-5-16-7-9/h4-8H,1-3H2,(H,13,14). The quantitative estimate of drug-likeness (QED) is 0.826. The van der Waals surface area contributed by atoms with Crippen LogP contribution in [-0.2, 0) is 0 Å². The van der Waals surface area contributed by atoms with Gasteiger partial charge < -0.3 is 0 Å². The molecule has 2 heterocycles. The molecule has 4 heteroatoms. The molecule has 0 unspecified atom stereocenters. The highest BCUT2D eigenvalue weighted by molar-refractivity contribution is 7.08. The number of carbonyl (C=O) groups excluding carboxylic acids is 1. The number of carbonyl (C=O) groups is 1. The highest BCUT2D eigenvalue weighted by Gasteiger charge is 2.26. The van der Waals surface area contributed by atoms with Crippen LogP contribution < -0.4 is 0 Å². The SMILES string of the molecule is O=Cc1c(-c2ccsc2)n[nH]c1C1CCC1. The third-order valence-electron chi connectivity index (χ3n) is 3.26. The minimum absolute atomic E-state index is 0.514. The average Bonchev–Trinajstić information content (AvgIpc) is 2.81. The minimum Gasteiger partial charge on any atom is -0.298 e. The van der Waals surface area contributed by atoms with Crippen molar-refractivity contribution in [1.82, 2.24) is 10.2 Å². The Morgan fingerprint density at radius 2 is 2.38 bits per heavy atom. The topological polar surface area (TPSA) is 45.8 Å². The molecule has 2 aromatic rings. The number of hydrogen-bond acceptors (Lipinski definition) is 3. The Morgan fingerprint density at radius 1 is 1.50 bits per heavy atom. The Kier molecular flexibility index (Phi) is 2.36. The van der Waals surface area contributed by atoms with E-state index in [9.17, 15) is 4.79 Å². The van der Waals surface area contributed by atoms with Crippen LogP contribution in [0.1, 0.15) is 41.2 Å². The summed E-state index contributed by atoms with van der Waals surface area (Å²) in [4.78, 5) is 11.2. The Labute approximate surface area is 97.5 Å². The molecule has 16 heavy (non-hydrogen) atoms. The zero-order valence-corrected chi connectivity index (χ0v) is 9.59. The van der Waals surface area contributed by atoms with Gasteiger partial charge in [-0.05, 0) is 24.3 Å². The van der Waals surface area contributed by atoms with Crippen LogP contribution in [0.15, 0.2) is 16.8 Å². The number of hydrogen-bond donors (Lipinski definition) is 1. The smallest absolute Gasteiger partial charge is 0.154 e. The van der Waals surface area contributed by atoms with Gasteiger partial charge in [0.1, 0.15) is 5.69 Å². The van der Waals surface area contributed by atoms with E-state index in [1.165, 1.54) is 19.3 Å². The molecule has 82 valence electrons. The van der Waals surface area contributed by atoms with Crippen LogP contribution in [-0.4, -0.2) is 16.5 Å². The lowest BCUT2D eigenvalue weighted by Crippen LogP contribution is -2.11. The van der Waals surface area contributed by atoms with Crippen molar-refractivity contribution in [3.8, 4) is 11.3 Å². The lowest BCUT2D eigenvalue weighted by Gasteiger charge is -2.24. The van der Waals surface area contributed by atoms with Crippen molar-refractivity contribution < 1.29 is 4.79 Å². The van der Waals surface area contributed by atoms with Gasteiger partial charge in [-0.15, -0.1) is 0 Å². The summed E-state index contributed by atoms with van der Waals surface area (Å²) in [6.45, 7) is 0. The number of thiophene rings is 1. The molecule has 0 aromatic carbocycles. The van der Waals surface area contributed by atoms with Gasteiger partial charge in [0.25, 0.3) is 0 Å². The van der Waals surface area contributed by atoms with E-state index in [2.05, 4.69) is 10.2 Å². The molecule has 1 aliphatic carbocycles. The van der Waals surface area contributed by atoms with Crippen molar-refractivity contribution in [2.75, 3.05) is 0 Å². The maximum absolute atomic E-state index is 11.2. The first kappa shape index (κ1) is 9.78. The van der Waals surface area contributed by atoms with Crippen LogP contribution in [0.25, 0.3) is 11.3 Å². The molecule has 1 fully saturated rings. The van der Waals surface area contributed by atoms with Crippen molar-refractivity contribution in [3.63, 3.8) is 0 Å². The summed E-state index contributed by atoms with van der Waals surface area (Å²) in [6.07, 6.45) is 4.54. The molecular formula is C12H12N2OS. The predicted octanol–water partition coefficient (Wildman–Crippen LogP) is 3.22. The zero-order chi connectivity index (χ0) is 11.0. The number of nitrogens with zero attached hydrogens (tertiary/aromatic N) is 1. The van der Waals surface area contributed by atoms with Crippen LogP contribution in [0.2, 0.25) is 0 Å². The van der Waals surface area contributed by atoms with Crippen LogP contribution in [0.4, 0.5) is 0 Å². The molecule has 1 saturated carbocycles. The van der Waals surface area contributed by atoms with Gasteiger partial charge in [0.15, 0.2) is 6.29 Å². The van der Waals surface area contributed by atoms with E-state index in [-0.39, 0.29) is 0 Å². The van der Waals surface area contributed by atoms with E-state index in [4.69, 9.17) is 0 Å². The third-order valence-corrected chi connectivity index (χ3v) is 3.94. The monoisotopic (exact) mass is 232 g/mol. The first-order valence-electron chi connectivity index (χ1n) is 5.46. The summed E-state index contributed by atoms with van der Waals surface area (Å²) in [6, 6.07) is 2.00. The van der Waals surface area contributed by atoms with Gasteiger partial charge in [-0.2, -0.15) is 16.4 Å². The Morgan fingerprint density at radius 3 is 2.94 bits per heavy atom. The van der Waals surface area contributed by atoms with E-state index in [1.54, 1.807) is 11.3 Å². The Hall–Kier alpha value is -1.42. The fourth-order valence-electron chi connectivity index (χ4n) is 2.11. The number of rotatable bonds is 3. The second-order valence-corrected chi connectivity index (χ2v) is 4.94. The largest absolute Gasteiger partial charge is 0.298 e. The van der Waals surface area contributed by atoms with Gasteiger partial charge >= 0.3 is 0 Å². The molecule has 1 N–H and O–H groups in total. The predicted molar refractivity (Wildman–Crippen MR) is 63.9 cm³/mol. The number of nitrogens with one attached hydrogen (secondary N) is 1. The highest BCUT2D eigenvalue weighted by atomic mass is 32.1. The molecule has 0 saturated heterocycles. The molecule has 2 aromatic heterocycles. The second kappa shape index (κ2) is 3.87. The van der Waals surface area contributed by atoms with Crippen LogP contribution in [0, 0.1) is 0 Å². The van der Waals surface area contributed by atoms with E-state index < -0.39 is 0 Å². The number of aromatic nitrogens is 2. The Bertz CT molecular complexity index is 497. The third kappa shape index (κ3) is 1.41. The van der Waals surface area contributed by atoms with Crippen LogP contribution in [0.3, 0.4) is 0 Å². The molecule has 0 spiro atoms. The summed E-state index contributed by atoms with van der Waals surface area (Å²) >= 11 is 1.62. The molecule has 0 aliphatic heterocycles. The maximum atomic E-state index is 11.2. The minimum atomic E-state index is 0.514. The first-order valence-corrected chi connectivity index (χ1v) is 6.40. The first-order chi connectivity index (χ1) is 7.90. The van der Waals surface area contributed by atoms with Gasteiger partial charge in [-0.25, -0.2) is 0 Å². The van der Waals surface area contributed by atoms with E-state index in [0.29, 0.717) is 5.92 Å². The van der Waals surface area contributed by atoms with Crippen molar-refractivity contribution in [3.05, 3.63) is 28.1 Å². The van der Waals surface area contributed by atoms with Crippen molar-refractivity contribution >= 4 is 17.6 Å².